The molecule has 1 N–H and O–H groups in total. The maximum atomic E-state index is 11.5. The van der Waals surface area contributed by atoms with Gasteiger partial charge in [0.1, 0.15) is 0 Å². The maximum Gasteiger partial charge on any atom is 0.0350 e. The molecule has 1 saturated heterocycles. The Morgan fingerprint density at radius 1 is 1.15 bits per heavy atom. The molecule has 1 aliphatic heterocycles. The van der Waals surface area contributed by atoms with E-state index in [1.165, 1.54) is 18.4 Å². The average Bonchev–Trinajstić information content (AvgIpc) is 2.50. The van der Waals surface area contributed by atoms with Crippen molar-refractivity contribution >= 4 is 10.8 Å². The van der Waals surface area contributed by atoms with Crippen LogP contribution in [0, 0.1) is 5.92 Å². The van der Waals surface area contributed by atoms with E-state index >= 15 is 0 Å². The first-order valence-electron chi connectivity index (χ1n) is 7.90. The van der Waals surface area contributed by atoms with Gasteiger partial charge in [-0.2, -0.15) is 0 Å². The molecule has 0 aliphatic carbocycles. The van der Waals surface area contributed by atoms with E-state index in [1.807, 2.05) is 0 Å². The van der Waals surface area contributed by atoms with Crippen LogP contribution in [-0.2, 0) is 10.8 Å². The third-order valence-electron chi connectivity index (χ3n) is 4.48. The van der Waals surface area contributed by atoms with Gasteiger partial charge >= 0.3 is 0 Å². The van der Waals surface area contributed by atoms with E-state index < -0.39 is 10.8 Å². The molecule has 2 nitrogen and oxygen atoms in total. The molecule has 1 aromatic rings. The third-order valence-corrected chi connectivity index (χ3v) is 5.86. The van der Waals surface area contributed by atoms with Crippen LogP contribution in [0.5, 0.6) is 0 Å². The van der Waals surface area contributed by atoms with Gasteiger partial charge in [0.25, 0.3) is 0 Å². The first kappa shape index (κ1) is 15.7. The molecule has 1 aromatic carbocycles. The van der Waals surface area contributed by atoms with Crippen molar-refractivity contribution in [2.24, 2.45) is 5.92 Å². The van der Waals surface area contributed by atoms with Gasteiger partial charge in [-0.1, -0.05) is 57.0 Å². The monoisotopic (exact) mass is 293 g/mol. The fourth-order valence-corrected chi connectivity index (χ4v) is 4.44. The third kappa shape index (κ3) is 4.16. The quantitative estimate of drug-likeness (QED) is 0.867. The minimum absolute atomic E-state index is 0.433. The summed E-state index contributed by atoms with van der Waals surface area (Å²) in [5.74, 6) is 2.40. The lowest BCUT2D eigenvalue weighted by atomic mass is 9.88. The molecular weight excluding hydrogens is 266 g/mol. The summed E-state index contributed by atoms with van der Waals surface area (Å²) >= 11 is 0. The van der Waals surface area contributed by atoms with Crippen molar-refractivity contribution in [3.05, 3.63) is 35.9 Å². The molecule has 3 heteroatoms. The summed E-state index contributed by atoms with van der Waals surface area (Å²) in [5.41, 5.74) is 1.40. The van der Waals surface area contributed by atoms with Crippen LogP contribution in [0.15, 0.2) is 30.3 Å². The van der Waals surface area contributed by atoms with E-state index in [0.717, 1.165) is 24.3 Å². The molecule has 112 valence electrons. The fourth-order valence-electron chi connectivity index (χ4n) is 3.14. The molecule has 1 atom stereocenters. The number of rotatable bonds is 6. The van der Waals surface area contributed by atoms with E-state index in [2.05, 4.69) is 49.5 Å². The number of nitrogens with one attached hydrogen (secondary N) is 1. The summed E-state index contributed by atoms with van der Waals surface area (Å²) in [6.07, 6.45) is 4.50. The molecule has 1 unspecified atom stereocenters. The van der Waals surface area contributed by atoms with Gasteiger partial charge in [0, 0.05) is 34.4 Å². The summed E-state index contributed by atoms with van der Waals surface area (Å²) in [4.78, 5) is 0. The first-order valence-corrected chi connectivity index (χ1v) is 9.39. The van der Waals surface area contributed by atoms with Crippen molar-refractivity contribution in [2.45, 2.75) is 51.6 Å². The highest BCUT2D eigenvalue weighted by Crippen LogP contribution is 2.29. The zero-order chi connectivity index (χ0) is 14.4. The first-order chi connectivity index (χ1) is 9.74. The van der Waals surface area contributed by atoms with Crippen molar-refractivity contribution in [3.63, 3.8) is 0 Å². The topological polar surface area (TPSA) is 29.1 Å². The van der Waals surface area contributed by atoms with E-state index in [1.54, 1.807) is 0 Å². The second kappa shape index (κ2) is 7.94. The molecule has 0 bridgehead atoms. The van der Waals surface area contributed by atoms with Gasteiger partial charge in [-0.05, 0) is 24.3 Å². The molecule has 20 heavy (non-hydrogen) atoms. The van der Waals surface area contributed by atoms with Gasteiger partial charge in [-0.3, -0.25) is 4.21 Å². The highest BCUT2D eigenvalue weighted by atomic mass is 32.2. The largest absolute Gasteiger partial charge is 0.307 e. The Kier molecular flexibility index (Phi) is 6.24. The van der Waals surface area contributed by atoms with Crippen molar-refractivity contribution in [3.8, 4) is 0 Å². The normalized spacial score (nSPS) is 24.8. The SMILES string of the molecule is CCC(CC)C(NC1CCS(=O)CC1)c1ccccc1. The van der Waals surface area contributed by atoms with Crippen LogP contribution in [0.1, 0.15) is 51.1 Å². The highest BCUT2D eigenvalue weighted by molar-refractivity contribution is 7.85. The van der Waals surface area contributed by atoms with Crippen LogP contribution >= 0.6 is 0 Å². The number of benzene rings is 1. The molecular formula is C17H27NOS. The molecule has 1 heterocycles. The summed E-state index contributed by atoms with van der Waals surface area (Å²) in [6.45, 7) is 4.56. The Labute approximate surface area is 125 Å². The summed E-state index contributed by atoms with van der Waals surface area (Å²) in [6, 6.07) is 11.8. The predicted octanol–water partition coefficient (Wildman–Crippen LogP) is 3.66. The minimum atomic E-state index is -0.574. The predicted molar refractivity (Wildman–Crippen MR) is 87.3 cm³/mol. The van der Waals surface area contributed by atoms with Crippen molar-refractivity contribution in [2.75, 3.05) is 11.5 Å². The number of hydrogen-bond acceptors (Lipinski definition) is 2. The van der Waals surface area contributed by atoms with Crippen molar-refractivity contribution in [1.29, 1.82) is 0 Å². The maximum absolute atomic E-state index is 11.5. The Balaban J connectivity index is 2.08. The Morgan fingerprint density at radius 2 is 1.75 bits per heavy atom. The van der Waals surface area contributed by atoms with E-state index in [4.69, 9.17) is 0 Å². The smallest absolute Gasteiger partial charge is 0.0350 e. The Hall–Kier alpha value is -0.670. The second-order valence-corrected chi connectivity index (χ2v) is 7.45. The van der Waals surface area contributed by atoms with Gasteiger partial charge in [-0.25, -0.2) is 0 Å². The zero-order valence-corrected chi connectivity index (χ0v) is 13.5. The average molecular weight is 293 g/mol. The zero-order valence-electron chi connectivity index (χ0n) is 12.7. The summed E-state index contributed by atoms with van der Waals surface area (Å²) in [7, 11) is -0.574. The van der Waals surface area contributed by atoms with E-state index in [0.29, 0.717) is 18.0 Å². The molecule has 0 amide bonds. The Bertz CT molecular complexity index is 406. The van der Waals surface area contributed by atoms with Crippen LogP contribution in [0.4, 0.5) is 0 Å². The lowest BCUT2D eigenvalue weighted by Gasteiger charge is -2.33. The lowest BCUT2D eigenvalue weighted by Crippen LogP contribution is -2.40. The van der Waals surface area contributed by atoms with Crippen LogP contribution in [0.3, 0.4) is 0 Å². The molecule has 1 aliphatic rings. The van der Waals surface area contributed by atoms with Crippen molar-refractivity contribution < 1.29 is 4.21 Å². The summed E-state index contributed by atoms with van der Waals surface area (Å²) < 4.78 is 11.5. The molecule has 2 rings (SSSR count). The van der Waals surface area contributed by atoms with E-state index in [9.17, 15) is 4.21 Å². The molecule has 1 fully saturated rings. The molecule has 0 spiro atoms. The fraction of sp³-hybridized carbons (Fsp3) is 0.647. The standard InChI is InChI=1S/C17H27NOS/c1-3-14(4-2)17(15-8-6-5-7-9-15)18-16-10-12-20(19)13-11-16/h5-9,14,16-18H,3-4,10-13H2,1-2H3. The molecule has 0 saturated carbocycles. The van der Waals surface area contributed by atoms with E-state index in [-0.39, 0.29) is 0 Å². The minimum Gasteiger partial charge on any atom is -0.307 e. The van der Waals surface area contributed by atoms with Crippen LogP contribution < -0.4 is 5.32 Å². The Morgan fingerprint density at radius 3 is 2.30 bits per heavy atom. The molecule has 0 radical (unpaired) electrons. The van der Waals surface area contributed by atoms with Crippen LogP contribution in [0.25, 0.3) is 0 Å². The highest BCUT2D eigenvalue weighted by Gasteiger charge is 2.25. The summed E-state index contributed by atoms with van der Waals surface area (Å²) in [5, 5.41) is 3.86. The van der Waals surface area contributed by atoms with Gasteiger partial charge in [-0.15, -0.1) is 0 Å². The van der Waals surface area contributed by atoms with Crippen LogP contribution in [-0.4, -0.2) is 21.8 Å². The number of hydrogen-bond donors (Lipinski definition) is 1. The lowest BCUT2D eigenvalue weighted by molar-refractivity contribution is 0.299. The van der Waals surface area contributed by atoms with Gasteiger partial charge < -0.3 is 5.32 Å². The van der Waals surface area contributed by atoms with Gasteiger partial charge in [0.15, 0.2) is 0 Å². The molecule has 0 aromatic heterocycles. The van der Waals surface area contributed by atoms with Crippen LogP contribution in [0.2, 0.25) is 0 Å². The van der Waals surface area contributed by atoms with Crippen molar-refractivity contribution in [1.82, 2.24) is 5.32 Å². The van der Waals surface area contributed by atoms with Gasteiger partial charge in [0.05, 0.1) is 0 Å². The van der Waals surface area contributed by atoms with Gasteiger partial charge in [0.2, 0.25) is 0 Å². The second-order valence-electron chi connectivity index (χ2n) is 5.75.